The second kappa shape index (κ2) is 8.64. The molecule has 0 aromatic heterocycles. The monoisotopic (exact) mass is 398 g/mol. The van der Waals surface area contributed by atoms with E-state index in [1.165, 1.54) is 43.3 Å². The van der Waals surface area contributed by atoms with Crippen molar-refractivity contribution in [1.29, 1.82) is 0 Å². The fraction of sp³-hybridized carbons (Fsp3) is 0.238. The molecule has 2 aromatic rings. The summed E-state index contributed by atoms with van der Waals surface area (Å²) in [6, 6.07) is 11.5. The lowest BCUT2D eigenvalue weighted by molar-refractivity contribution is -0.129. The number of nitrogens with zero attached hydrogens (tertiary/aromatic N) is 1. The van der Waals surface area contributed by atoms with E-state index in [4.69, 9.17) is 4.74 Å². The van der Waals surface area contributed by atoms with E-state index in [9.17, 15) is 23.6 Å². The van der Waals surface area contributed by atoms with Gasteiger partial charge in [0, 0.05) is 19.4 Å². The van der Waals surface area contributed by atoms with Crippen molar-refractivity contribution < 1.29 is 28.3 Å². The van der Waals surface area contributed by atoms with Crippen LogP contribution in [0.1, 0.15) is 35.7 Å². The molecule has 8 heteroatoms. The van der Waals surface area contributed by atoms with Crippen molar-refractivity contribution in [2.75, 3.05) is 4.90 Å². The molecule has 2 aromatic carbocycles. The largest absolute Gasteiger partial charge is 0.449 e. The van der Waals surface area contributed by atoms with Gasteiger partial charge in [-0.1, -0.05) is 12.1 Å². The highest BCUT2D eigenvalue weighted by Gasteiger charge is 2.30. The standard InChI is InChI=1S/C21H19FN2O5/c1-13(20(27)23-12-14-2-6-16(22)7-3-14)29-21(28)15-4-8-17(9-5-15)24-18(25)10-11-19(24)26/h2-9,13H,10-12H2,1H3,(H,23,27)/t13-/m1/s1. The lowest BCUT2D eigenvalue weighted by Crippen LogP contribution is -2.35. The summed E-state index contributed by atoms with van der Waals surface area (Å²) in [6.45, 7) is 1.61. The van der Waals surface area contributed by atoms with Crippen LogP contribution >= 0.6 is 0 Å². The van der Waals surface area contributed by atoms with Gasteiger partial charge < -0.3 is 10.1 Å². The average molecular weight is 398 g/mol. The number of hydrogen-bond donors (Lipinski definition) is 1. The van der Waals surface area contributed by atoms with Gasteiger partial charge in [-0.2, -0.15) is 0 Å². The maximum absolute atomic E-state index is 12.9. The molecule has 1 N–H and O–H groups in total. The Kier molecular flexibility index (Phi) is 6.01. The highest BCUT2D eigenvalue weighted by molar-refractivity contribution is 6.19. The fourth-order valence-electron chi connectivity index (χ4n) is 2.83. The molecule has 1 aliphatic rings. The zero-order valence-electron chi connectivity index (χ0n) is 15.7. The fourth-order valence-corrected chi connectivity index (χ4v) is 2.83. The van der Waals surface area contributed by atoms with Crippen molar-refractivity contribution >= 4 is 29.4 Å². The van der Waals surface area contributed by atoms with E-state index in [2.05, 4.69) is 5.32 Å². The van der Waals surface area contributed by atoms with Crippen LogP contribution in [-0.4, -0.2) is 29.8 Å². The summed E-state index contributed by atoms with van der Waals surface area (Å²) < 4.78 is 18.0. The van der Waals surface area contributed by atoms with E-state index in [1.54, 1.807) is 12.1 Å². The number of amides is 3. The minimum absolute atomic E-state index is 0.174. The van der Waals surface area contributed by atoms with Crippen molar-refractivity contribution in [2.45, 2.75) is 32.4 Å². The highest BCUT2D eigenvalue weighted by Crippen LogP contribution is 2.23. The molecule has 1 aliphatic heterocycles. The molecule has 0 unspecified atom stereocenters. The summed E-state index contributed by atoms with van der Waals surface area (Å²) in [7, 11) is 0. The van der Waals surface area contributed by atoms with Gasteiger partial charge in [-0.05, 0) is 48.9 Å². The molecule has 0 radical (unpaired) electrons. The van der Waals surface area contributed by atoms with Crippen molar-refractivity contribution in [1.82, 2.24) is 5.32 Å². The third-order valence-electron chi connectivity index (χ3n) is 4.45. The number of benzene rings is 2. The predicted molar refractivity (Wildman–Crippen MR) is 101 cm³/mol. The molecule has 0 spiro atoms. The number of halogens is 1. The summed E-state index contributed by atoms with van der Waals surface area (Å²) in [6.07, 6.45) is -0.690. The molecular weight excluding hydrogens is 379 g/mol. The Labute approximate surface area is 166 Å². The van der Waals surface area contributed by atoms with Crippen LogP contribution in [0.3, 0.4) is 0 Å². The third-order valence-corrected chi connectivity index (χ3v) is 4.45. The summed E-state index contributed by atoms with van der Waals surface area (Å²) in [5.74, 6) is -2.13. The Hall–Kier alpha value is -3.55. The van der Waals surface area contributed by atoms with Gasteiger partial charge in [0.05, 0.1) is 11.3 Å². The molecule has 1 heterocycles. The Morgan fingerprint density at radius 1 is 1.03 bits per heavy atom. The highest BCUT2D eigenvalue weighted by atomic mass is 19.1. The Balaban J connectivity index is 1.54. The summed E-state index contributed by atoms with van der Waals surface area (Å²) in [4.78, 5) is 48.9. The maximum atomic E-state index is 12.9. The maximum Gasteiger partial charge on any atom is 0.338 e. The number of imide groups is 1. The van der Waals surface area contributed by atoms with Gasteiger partial charge in [0.25, 0.3) is 5.91 Å². The van der Waals surface area contributed by atoms with Crippen molar-refractivity contribution in [2.24, 2.45) is 0 Å². The molecule has 150 valence electrons. The molecule has 1 saturated heterocycles. The van der Waals surface area contributed by atoms with Crippen molar-refractivity contribution in [3.8, 4) is 0 Å². The van der Waals surface area contributed by atoms with Gasteiger partial charge in [0.2, 0.25) is 11.8 Å². The van der Waals surface area contributed by atoms with E-state index in [0.717, 1.165) is 4.90 Å². The van der Waals surface area contributed by atoms with Crippen LogP contribution in [0.2, 0.25) is 0 Å². The number of carbonyl (C=O) groups excluding carboxylic acids is 4. The predicted octanol–water partition coefficient (Wildman–Crippen LogP) is 2.34. The molecular formula is C21H19FN2O5. The number of rotatable bonds is 6. The normalized spacial score (nSPS) is 14.6. The molecule has 29 heavy (non-hydrogen) atoms. The number of anilines is 1. The second-order valence-electron chi connectivity index (χ2n) is 6.56. The zero-order chi connectivity index (χ0) is 21.0. The van der Waals surface area contributed by atoms with Crippen LogP contribution in [0.4, 0.5) is 10.1 Å². The molecule has 0 aliphatic carbocycles. The Bertz CT molecular complexity index is 925. The van der Waals surface area contributed by atoms with Gasteiger partial charge in [-0.3, -0.25) is 19.3 Å². The molecule has 3 amide bonds. The summed E-state index contributed by atoms with van der Waals surface area (Å²) in [5, 5.41) is 2.61. The Morgan fingerprint density at radius 3 is 2.21 bits per heavy atom. The first kappa shape index (κ1) is 20.2. The van der Waals surface area contributed by atoms with Crippen molar-refractivity contribution in [3.05, 3.63) is 65.5 Å². The van der Waals surface area contributed by atoms with Crippen LogP contribution in [0, 0.1) is 5.82 Å². The lowest BCUT2D eigenvalue weighted by Gasteiger charge is -2.15. The van der Waals surface area contributed by atoms with E-state index in [-0.39, 0.29) is 42.6 Å². The van der Waals surface area contributed by atoms with E-state index >= 15 is 0 Å². The SMILES string of the molecule is C[C@@H](OC(=O)c1ccc(N2C(=O)CCC2=O)cc1)C(=O)NCc1ccc(F)cc1. The van der Waals surface area contributed by atoms with Crippen LogP contribution < -0.4 is 10.2 Å². The van der Waals surface area contributed by atoms with Crippen LogP contribution in [0.25, 0.3) is 0 Å². The molecule has 1 atom stereocenters. The van der Waals surface area contributed by atoms with E-state index in [0.29, 0.717) is 11.3 Å². The van der Waals surface area contributed by atoms with Gasteiger partial charge in [-0.25, -0.2) is 9.18 Å². The lowest BCUT2D eigenvalue weighted by atomic mass is 10.2. The van der Waals surface area contributed by atoms with Crippen LogP contribution in [0.15, 0.2) is 48.5 Å². The second-order valence-corrected chi connectivity index (χ2v) is 6.56. The number of hydrogen-bond acceptors (Lipinski definition) is 5. The number of ether oxygens (including phenoxy) is 1. The minimum atomic E-state index is -1.04. The molecule has 1 fully saturated rings. The van der Waals surface area contributed by atoms with Gasteiger partial charge >= 0.3 is 5.97 Å². The first-order chi connectivity index (χ1) is 13.8. The third kappa shape index (κ3) is 4.84. The topological polar surface area (TPSA) is 92.8 Å². The minimum Gasteiger partial charge on any atom is -0.449 e. The molecule has 0 saturated carbocycles. The first-order valence-electron chi connectivity index (χ1n) is 9.04. The quantitative estimate of drug-likeness (QED) is 0.596. The zero-order valence-corrected chi connectivity index (χ0v) is 15.7. The summed E-state index contributed by atoms with van der Waals surface area (Å²) in [5.41, 5.74) is 1.28. The van der Waals surface area contributed by atoms with Gasteiger partial charge in [0.1, 0.15) is 5.82 Å². The number of nitrogens with one attached hydrogen (secondary N) is 1. The summed E-state index contributed by atoms with van der Waals surface area (Å²) >= 11 is 0. The first-order valence-corrected chi connectivity index (χ1v) is 9.04. The van der Waals surface area contributed by atoms with Gasteiger partial charge in [-0.15, -0.1) is 0 Å². The number of carbonyl (C=O) groups is 4. The number of esters is 1. The molecule has 7 nitrogen and oxygen atoms in total. The smallest absolute Gasteiger partial charge is 0.338 e. The molecule has 0 bridgehead atoms. The van der Waals surface area contributed by atoms with Crippen LogP contribution in [0.5, 0.6) is 0 Å². The van der Waals surface area contributed by atoms with Crippen LogP contribution in [-0.2, 0) is 25.7 Å². The van der Waals surface area contributed by atoms with E-state index in [1.807, 2.05) is 0 Å². The average Bonchev–Trinajstić information content (AvgIpc) is 3.05. The van der Waals surface area contributed by atoms with Crippen molar-refractivity contribution in [3.63, 3.8) is 0 Å². The van der Waals surface area contributed by atoms with E-state index < -0.39 is 18.0 Å². The van der Waals surface area contributed by atoms with Gasteiger partial charge in [0.15, 0.2) is 6.10 Å². The molecule has 3 rings (SSSR count). The Morgan fingerprint density at radius 2 is 1.62 bits per heavy atom.